The largest absolute Gasteiger partial charge is 0.395 e. The van der Waals surface area contributed by atoms with Crippen molar-refractivity contribution < 1.29 is 9.90 Å². The first-order chi connectivity index (χ1) is 8.81. The number of nitrogens with one attached hydrogen (secondary N) is 1. The van der Waals surface area contributed by atoms with E-state index in [-0.39, 0.29) is 18.6 Å². The molecule has 1 aromatic heterocycles. The van der Waals surface area contributed by atoms with Gasteiger partial charge in [-0.15, -0.1) is 0 Å². The van der Waals surface area contributed by atoms with Gasteiger partial charge in [-0.05, 0) is 18.9 Å². The van der Waals surface area contributed by atoms with Gasteiger partial charge in [0.1, 0.15) is 0 Å². The maximum absolute atomic E-state index is 12.4. The number of para-hydroxylation sites is 1. The van der Waals surface area contributed by atoms with Crippen LogP contribution in [-0.2, 0) is 0 Å². The molecule has 0 spiro atoms. The molecule has 5 heteroatoms. The van der Waals surface area contributed by atoms with Crippen LogP contribution in [0.4, 0.5) is 0 Å². The minimum atomic E-state index is -0.0935. The number of aliphatic hydroxyl groups is 1. The van der Waals surface area contributed by atoms with Crippen molar-refractivity contribution in [3.63, 3.8) is 0 Å². The molecular formula is C13H15N3O2. The lowest BCUT2D eigenvalue weighted by molar-refractivity contribution is 0.0703. The summed E-state index contributed by atoms with van der Waals surface area (Å²) in [7, 11) is 0. The van der Waals surface area contributed by atoms with E-state index in [1.54, 1.807) is 4.90 Å². The molecule has 1 amide bonds. The van der Waals surface area contributed by atoms with E-state index in [4.69, 9.17) is 5.11 Å². The van der Waals surface area contributed by atoms with Crippen molar-refractivity contribution in [2.75, 3.05) is 13.2 Å². The number of fused-ring (bicyclic) bond motifs is 1. The smallest absolute Gasteiger partial charge is 0.275 e. The summed E-state index contributed by atoms with van der Waals surface area (Å²) in [6, 6.07) is 7.85. The molecule has 3 rings (SSSR count). The molecule has 1 aromatic carbocycles. The Labute approximate surface area is 104 Å². The number of H-pyrrole nitrogens is 1. The summed E-state index contributed by atoms with van der Waals surface area (Å²) in [4.78, 5) is 14.1. The number of aromatic amines is 1. The molecule has 0 aliphatic heterocycles. The number of hydrogen-bond acceptors (Lipinski definition) is 3. The summed E-state index contributed by atoms with van der Waals surface area (Å²) in [5.74, 6) is -0.0935. The molecule has 18 heavy (non-hydrogen) atoms. The van der Waals surface area contributed by atoms with Crippen LogP contribution in [0.3, 0.4) is 0 Å². The standard InChI is InChI=1S/C13H15N3O2/c17-8-7-16(9-5-6-9)13(18)12-10-3-1-2-4-11(10)14-15-12/h1-4,9,17H,5-8H2,(H,14,15). The Hall–Kier alpha value is -1.88. The van der Waals surface area contributed by atoms with Crippen LogP contribution >= 0.6 is 0 Å². The third-order valence-corrected chi connectivity index (χ3v) is 3.26. The molecule has 94 valence electrons. The van der Waals surface area contributed by atoms with Crippen molar-refractivity contribution >= 4 is 16.8 Å². The minimum Gasteiger partial charge on any atom is -0.395 e. The first kappa shape index (κ1) is 11.2. The topological polar surface area (TPSA) is 69.2 Å². The van der Waals surface area contributed by atoms with Crippen LogP contribution < -0.4 is 0 Å². The molecule has 0 atom stereocenters. The van der Waals surface area contributed by atoms with Gasteiger partial charge >= 0.3 is 0 Å². The van der Waals surface area contributed by atoms with E-state index >= 15 is 0 Å². The predicted molar refractivity (Wildman–Crippen MR) is 67.2 cm³/mol. The predicted octanol–water partition coefficient (Wildman–Crippen LogP) is 1.16. The van der Waals surface area contributed by atoms with Crippen LogP contribution in [-0.4, -0.2) is 45.3 Å². The van der Waals surface area contributed by atoms with Gasteiger partial charge < -0.3 is 10.0 Å². The summed E-state index contributed by atoms with van der Waals surface area (Å²) >= 11 is 0. The second kappa shape index (κ2) is 4.42. The maximum Gasteiger partial charge on any atom is 0.275 e. The number of hydrogen-bond donors (Lipinski definition) is 2. The first-order valence-corrected chi connectivity index (χ1v) is 6.16. The molecule has 0 radical (unpaired) electrons. The Morgan fingerprint density at radius 2 is 2.22 bits per heavy atom. The zero-order valence-corrected chi connectivity index (χ0v) is 9.97. The summed E-state index contributed by atoms with van der Waals surface area (Å²) < 4.78 is 0. The second-order valence-electron chi connectivity index (χ2n) is 4.57. The molecular weight excluding hydrogens is 230 g/mol. The molecule has 1 fully saturated rings. The van der Waals surface area contributed by atoms with E-state index in [1.165, 1.54) is 0 Å². The van der Waals surface area contributed by atoms with Crippen molar-refractivity contribution in [1.29, 1.82) is 0 Å². The van der Waals surface area contributed by atoms with Crippen molar-refractivity contribution in [3.05, 3.63) is 30.0 Å². The minimum absolute atomic E-state index is 0.00933. The fourth-order valence-electron chi connectivity index (χ4n) is 2.21. The monoisotopic (exact) mass is 245 g/mol. The van der Waals surface area contributed by atoms with Crippen LogP contribution in [0.1, 0.15) is 23.3 Å². The van der Waals surface area contributed by atoms with Gasteiger partial charge in [0.05, 0.1) is 12.1 Å². The SMILES string of the molecule is O=C(c1n[nH]c2ccccc12)N(CCO)C1CC1. The first-order valence-electron chi connectivity index (χ1n) is 6.16. The van der Waals surface area contributed by atoms with Crippen molar-refractivity contribution in [3.8, 4) is 0 Å². The quantitative estimate of drug-likeness (QED) is 0.849. The van der Waals surface area contributed by atoms with Gasteiger partial charge in [-0.2, -0.15) is 5.10 Å². The highest BCUT2D eigenvalue weighted by Crippen LogP contribution is 2.28. The van der Waals surface area contributed by atoms with Crippen LogP contribution in [0.15, 0.2) is 24.3 Å². The Morgan fingerprint density at radius 3 is 2.94 bits per heavy atom. The highest BCUT2D eigenvalue weighted by Gasteiger charge is 2.34. The van der Waals surface area contributed by atoms with Gasteiger partial charge in [0.2, 0.25) is 0 Å². The highest BCUT2D eigenvalue weighted by atomic mass is 16.3. The molecule has 1 heterocycles. The van der Waals surface area contributed by atoms with Crippen molar-refractivity contribution in [2.24, 2.45) is 0 Å². The van der Waals surface area contributed by atoms with Crippen LogP contribution in [0.2, 0.25) is 0 Å². The molecule has 5 nitrogen and oxygen atoms in total. The molecule has 0 unspecified atom stereocenters. The fourth-order valence-corrected chi connectivity index (χ4v) is 2.21. The molecule has 1 aliphatic rings. The van der Waals surface area contributed by atoms with Crippen molar-refractivity contribution in [1.82, 2.24) is 15.1 Å². The number of aromatic nitrogens is 2. The number of aliphatic hydroxyl groups excluding tert-OH is 1. The average Bonchev–Trinajstić information content (AvgIpc) is 3.14. The van der Waals surface area contributed by atoms with E-state index in [9.17, 15) is 4.79 Å². The second-order valence-corrected chi connectivity index (χ2v) is 4.57. The number of amides is 1. The third kappa shape index (κ3) is 1.86. The van der Waals surface area contributed by atoms with E-state index in [0.29, 0.717) is 12.2 Å². The number of rotatable bonds is 4. The van der Waals surface area contributed by atoms with Crippen LogP contribution in [0.25, 0.3) is 10.9 Å². The Kier molecular flexibility index (Phi) is 2.76. The molecule has 2 aromatic rings. The average molecular weight is 245 g/mol. The highest BCUT2D eigenvalue weighted by molar-refractivity contribution is 6.04. The normalized spacial score (nSPS) is 14.9. The van der Waals surface area contributed by atoms with E-state index in [1.807, 2.05) is 24.3 Å². The summed E-state index contributed by atoms with van der Waals surface area (Å²) in [5.41, 5.74) is 1.31. The maximum atomic E-state index is 12.4. The van der Waals surface area contributed by atoms with Gasteiger partial charge in [-0.3, -0.25) is 9.89 Å². The van der Waals surface area contributed by atoms with Crippen LogP contribution in [0, 0.1) is 0 Å². The number of carbonyl (C=O) groups is 1. The summed E-state index contributed by atoms with van der Waals surface area (Å²) in [5, 5.41) is 16.9. The van der Waals surface area contributed by atoms with E-state index in [0.717, 1.165) is 23.7 Å². The van der Waals surface area contributed by atoms with Gasteiger partial charge in [0.25, 0.3) is 5.91 Å². The lowest BCUT2D eigenvalue weighted by Gasteiger charge is -2.20. The van der Waals surface area contributed by atoms with Gasteiger partial charge in [0, 0.05) is 18.0 Å². The van der Waals surface area contributed by atoms with E-state index in [2.05, 4.69) is 10.2 Å². The number of nitrogens with zero attached hydrogens (tertiary/aromatic N) is 2. The van der Waals surface area contributed by atoms with Gasteiger partial charge in [-0.25, -0.2) is 0 Å². The Balaban J connectivity index is 1.95. The number of benzene rings is 1. The Bertz CT molecular complexity index is 574. The molecule has 2 N–H and O–H groups in total. The van der Waals surface area contributed by atoms with Crippen LogP contribution in [0.5, 0.6) is 0 Å². The number of carbonyl (C=O) groups excluding carboxylic acids is 1. The zero-order chi connectivity index (χ0) is 12.5. The lowest BCUT2D eigenvalue weighted by Crippen LogP contribution is -2.35. The summed E-state index contributed by atoms with van der Waals surface area (Å²) in [6.45, 7) is 0.370. The Morgan fingerprint density at radius 1 is 1.44 bits per heavy atom. The molecule has 1 aliphatic carbocycles. The van der Waals surface area contributed by atoms with Crippen molar-refractivity contribution in [2.45, 2.75) is 18.9 Å². The molecule has 1 saturated carbocycles. The fraction of sp³-hybridized carbons (Fsp3) is 0.385. The van der Waals surface area contributed by atoms with Gasteiger partial charge in [-0.1, -0.05) is 18.2 Å². The lowest BCUT2D eigenvalue weighted by atomic mass is 10.2. The third-order valence-electron chi connectivity index (χ3n) is 3.26. The van der Waals surface area contributed by atoms with Gasteiger partial charge in [0.15, 0.2) is 5.69 Å². The zero-order valence-electron chi connectivity index (χ0n) is 9.97. The van der Waals surface area contributed by atoms with E-state index < -0.39 is 0 Å². The summed E-state index contributed by atoms with van der Waals surface area (Å²) in [6.07, 6.45) is 2.04. The molecule has 0 bridgehead atoms. The molecule has 0 saturated heterocycles.